The molecule has 0 bridgehead atoms. The van der Waals surface area contributed by atoms with Gasteiger partial charge in [-0.1, -0.05) is 53.7 Å². The third-order valence-corrected chi connectivity index (χ3v) is 5.63. The minimum absolute atomic E-state index is 0.117. The summed E-state index contributed by atoms with van der Waals surface area (Å²) in [5, 5.41) is 9.63. The molecule has 0 aliphatic rings. The Balaban J connectivity index is 1.48. The summed E-state index contributed by atoms with van der Waals surface area (Å²) in [7, 11) is 0. The molecule has 2 amide bonds. The average Bonchev–Trinajstić information content (AvgIpc) is 3.36. The molecule has 34 heavy (non-hydrogen) atoms. The fourth-order valence-corrected chi connectivity index (χ4v) is 3.52. The molecule has 0 radical (unpaired) electrons. The van der Waals surface area contributed by atoms with E-state index < -0.39 is 11.9 Å². The van der Waals surface area contributed by atoms with Crippen LogP contribution < -0.4 is 10.6 Å². The molecule has 0 saturated heterocycles. The molecule has 0 fully saturated rings. The van der Waals surface area contributed by atoms with Crippen molar-refractivity contribution in [1.29, 1.82) is 0 Å². The van der Waals surface area contributed by atoms with Gasteiger partial charge in [0.2, 0.25) is 5.91 Å². The van der Waals surface area contributed by atoms with Gasteiger partial charge in [-0.15, -0.1) is 0 Å². The first kappa shape index (κ1) is 22.9. The molecule has 2 heterocycles. The quantitative estimate of drug-likeness (QED) is 0.419. The lowest BCUT2D eigenvalue weighted by molar-refractivity contribution is -0.123. The maximum Gasteiger partial charge on any atom is 0.274 e. The van der Waals surface area contributed by atoms with Gasteiger partial charge in [0.1, 0.15) is 6.04 Å². The third-order valence-electron chi connectivity index (χ3n) is 5.63. The van der Waals surface area contributed by atoms with Gasteiger partial charge in [0.25, 0.3) is 5.91 Å². The number of benzene rings is 2. The molecule has 1 atom stereocenters. The molecule has 0 saturated carbocycles. The summed E-state index contributed by atoms with van der Waals surface area (Å²) in [6.45, 7) is 4.36. The molecular weight excluding hydrogens is 428 g/mol. The molecule has 7 nitrogen and oxygen atoms in total. The summed E-state index contributed by atoms with van der Waals surface area (Å²) in [5.74, 6) is -0.274. The Morgan fingerprint density at radius 1 is 0.941 bits per heavy atom. The molecule has 0 spiro atoms. The first-order valence-corrected chi connectivity index (χ1v) is 11.1. The number of aromatic nitrogens is 2. The molecule has 2 N–H and O–H groups in total. The minimum Gasteiger partial charge on any atom is -0.355 e. The van der Waals surface area contributed by atoms with Gasteiger partial charge >= 0.3 is 0 Å². The van der Waals surface area contributed by atoms with Crippen LogP contribution in [0.1, 0.15) is 32.7 Å². The molecule has 2 aromatic heterocycles. The second kappa shape index (κ2) is 10.6. The van der Waals surface area contributed by atoms with Crippen LogP contribution in [0, 0.1) is 13.8 Å². The van der Waals surface area contributed by atoms with Crippen LogP contribution in [0.5, 0.6) is 0 Å². The lowest BCUT2D eigenvalue weighted by atomic mass is 10.0. The number of carbonyl (C=O) groups excluding carboxylic acids is 2. The molecule has 4 aromatic rings. The van der Waals surface area contributed by atoms with E-state index in [1.807, 2.05) is 74.5 Å². The van der Waals surface area contributed by atoms with Crippen LogP contribution in [-0.2, 0) is 17.8 Å². The lowest BCUT2D eigenvalue weighted by Crippen LogP contribution is -2.47. The van der Waals surface area contributed by atoms with Crippen LogP contribution in [0.4, 0.5) is 0 Å². The van der Waals surface area contributed by atoms with Gasteiger partial charge in [0, 0.05) is 37.0 Å². The predicted molar refractivity (Wildman–Crippen MR) is 129 cm³/mol. The topological polar surface area (TPSA) is 97.1 Å². The zero-order chi connectivity index (χ0) is 23.9. The Kier molecular flexibility index (Phi) is 7.13. The molecule has 0 aliphatic heterocycles. The Hall–Kier alpha value is -4.26. The highest BCUT2D eigenvalue weighted by Gasteiger charge is 2.24. The van der Waals surface area contributed by atoms with E-state index in [-0.39, 0.29) is 11.6 Å². The van der Waals surface area contributed by atoms with E-state index in [4.69, 9.17) is 4.52 Å². The van der Waals surface area contributed by atoms with E-state index in [2.05, 4.69) is 20.8 Å². The highest BCUT2D eigenvalue weighted by atomic mass is 16.5. The van der Waals surface area contributed by atoms with Crippen molar-refractivity contribution < 1.29 is 14.1 Å². The highest BCUT2D eigenvalue weighted by Crippen LogP contribution is 2.23. The van der Waals surface area contributed by atoms with Crippen LogP contribution in [-0.4, -0.2) is 28.0 Å². The number of nitrogens with one attached hydrogen (secondary N) is 2. The number of amides is 2. The molecule has 0 unspecified atom stereocenters. The maximum atomic E-state index is 13.0. The normalized spacial score (nSPS) is 11.6. The second-order valence-corrected chi connectivity index (χ2v) is 8.17. The smallest absolute Gasteiger partial charge is 0.274 e. The van der Waals surface area contributed by atoms with Gasteiger partial charge in [-0.3, -0.25) is 14.6 Å². The summed E-state index contributed by atoms with van der Waals surface area (Å²) in [4.78, 5) is 30.0. The first-order valence-electron chi connectivity index (χ1n) is 11.1. The van der Waals surface area contributed by atoms with Crippen LogP contribution in [0.15, 0.2) is 83.6 Å². The number of carbonyl (C=O) groups is 2. The van der Waals surface area contributed by atoms with E-state index in [9.17, 15) is 9.59 Å². The SMILES string of the molecule is Cc1ccc(-c2cc(C(=O)N[C@@H](Cc3ccccc3)C(=O)NCc3cccnc3)no2)cc1C. The van der Waals surface area contributed by atoms with Gasteiger partial charge < -0.3 is 15.2 Å². The molecule has 4 rings (SSSR count). The van der Waals surface area contributed by atoms with E-state index in [1.165, 1.54) is 5.56 Å². The van der Waals surface area contributed by atoms with E-state index in [1.54, 1.807) is 18.5 Å². The summed E-state index contributed by atoms with van der Waals surface area (Å²) in [5.41, 5.74) is 5.04. The van der Waals surface area contributed by atoms with Crippen LogP contribution >= 0.6 is 0 Å². The molecule has 172 valence electrons. The van der Waals surface area contributed by atoms with Crippen molar-refractivity contribution >= 4 is 11.8 Å². The van der Waals surface area contributed by atoms with E-state index >= 15 is 0 Å². The molecule has 7 heteroatoms. The van der Waals surface area contributed by atoms with E-state index in [0.29, 0.717) is 18.7 Å². The number of hydrogen-bond acceptors (Lipinski definition) is 5. The predicted octanol–water partition coefficient (Wildman–Crippen LogP) is 4.01. The zero-order valence-electron chi connectivity index (χ0n) is 19.1. The van der Waals surface area contributed by atoms with Crippen LogP contribution in [0.25, 0.3) is 11.3 Å². The lowest BCUT2D eigenvalue weighted by Gasteiger charge is -2.18. The standard InChI is InChI=1S/C27H26N4O3/c1-18-10-11-22(13-19(18)2)25-15-24(31-34-25)27(33)30-23(14-20-7-4-3-5-8-20)26(32)29-17-21-9-6-12-28-16-21/h3-13,15-16,23H,14,17H2,1-2H3,(H,29,32)(H,30,33)/t23-/m0/s1. The number of hydrogen-bond donors (Lipinski definition) is 2. The Bertz CT molecular complexity index is 1270. The largest absolute Gasteiger partial charge is 0.355 e. The Morgan fingerprint density at radius 3 is 2.47 bits per heavy atom. The van der Waals surface area contributed by atoms with Crippen molar-refractivity contribution in [2.45, 2.75) is 32.9 Å². The van der Waals surface area contributed by atoms with Gasteiger partial charge in [-0.05, 0) is 48.2 Å². The highest BCUT2D eigenvalue weighted by molar-refractivity contribution is 5.96. The van der Waals surface area contributed by atoms with E-state index in [0.717, 1.165) is 22.3 Å². The first-order chi connectivity index (χ1) is 16.5. The van der Waals surface area contributed by atoms with Crippen LogP contribution in [0.3, 0.4) is 0 Å². The van der Waals surface area contributed by atoms with Crippen LogP contribution in [0.2, 0.25) is 0 Å². The molecular formula is C27H26N4O3. The number of aryl methyl sites for hydroxylation is 2. The average molecular weight is 455 g/mol. The second-order valence-electron chi connectivity index (χ2n) is 8.17. The van der Waals surface area contributed by atoms with Gasteiger partial charge in [0.15, 0.2) is 11.5 Å². The number of pyridine rings is 1. The minimum atomic E-state index is -0.784. The number of nitrogens with zero attached hydrogens (tertiary/aromatic N) is 2. The van der Waals surface area contributed by atoms with Crippen molar-refractivity contribution in [3.05, 3.63) is 107 Å². The molecule has 2 aromatic carbocycles. The summed E-state index contributed by atoms with van der Waals surface area (Å²) in [6.07, 6.45) is 3.70. The fraction of sp³-hybridized carbons (Fsp3) is 0.185. The van der Waals surface area contributed by atoms with Crippen molar-refractivity contribution in [1.82, 2.24) is 20.8 Å². The van der Waals surface area contributed by atoms with Gasteiger partial charge in [-0.25, -0.2) is 0 Å². The van der Waals surface area contributed by atoms with Crippen molar-refractivity contribution in [2.75, 3.05) is 0 Å². The van der Waals surface area contributed by atoms with Crippen molar-refractivity contribution in [3.8, 4) is 11.3 Å². The monoisotopic (exact) mass is 454 g/mol. The van der Waals surface area contributed by atoms with Crippen molar-refractivity contribution in [3.63, 3.8) is 0 Å². The van der Waals surface area contributed by atoms with Gasteiger partial charge in [0.05, 0.1) is 0 Å². The Labute approximate surface area is 198 Å². The Morgan fingerprint density at radius 2 is 1.74 bits per heavy atom. The third kappa shape index (κ3) is 5.75. The summed E-state index contributed by atoms with van der Waals surface area (Å²) in [6, 6.07) is 19.9. The zero-order valence-corrected chi connectivity index (χ0v) is 19.1. The summed E-state index contributed by atoms with van der Waals surface area (Å²) >= 11 is 0. The fourth-order valence-electron chi connectivity index (χ4n) is 3.52. The molecule has 0 aliphatic carbocycles. The van der Waals surface area contributed by atoms with Gasteiger partial charge in [-0.2, -0.15) is 0 Å². The summed E-state index contributed by atoms with van der Waals surface area (Å²) < 4.78 is 5.41. The van der Waals surface area contributed by atoms with Crippen molar-refractivity contribution in [2.24, 2.45) is 0 Å². The number of rotatable bonds is 8. The maximum absolute atomic E-state index is 13.0.